The molecule has 0 fully saturated rings. The van der Waals surface area contributed by atoms with Crippen LogP contribution in [0.25, 0.3) is 0 Å². The van der Waals surface area contributed by atoms with E-state index in [4.69, 9.17) is 4.74 Å². The smallest absolute Gasteiger partial charge is 0.119 e. The van der Waals surface area contributed by atoms with Gasteiger partial charge < -0.3 is 10.1 Å². The Hall–Kier alpha value is -1.06. The van der Waals surface area contributed by atoms with Crippen LogP contribution in [-0.4, -0.2) is 37.7 Å². The summed E-state index contributed by atoms with van der Waals surface area (Å²) in [5.41, 5.74) is 1.32. The molecule has 0 aromatic heterocycles. The topological polar surface area (TPSA) is 24.5 Å². The molecule has 0 saturated heterocycles. The van der Waals surface area contributed by atoms with E-state index in [9.17, 15) is 0 Å². The number of hydrogen-bond acceptors (Lipinski definition) is 3. The maximum atomic E-state index is 5.65. The zero-order chi connectivity index (χ0) is 15.7. The molecule has 2 atom stereocenters. The van der Waals surface area contributed by atoms with Crippen LogP contribution in [-0.2, 0) is 0 Å². The lowest BCUT2D eigenvalue weighted by molar-refractivity contribution is 0.194. The zero-order valence-corrected chi connectivity index (χ0v) is 14.4. The van der Waals surface area contributed by atoms with E-state index in [1.54, 1.807) is 0 Å². The summed E-state index contributed by atoms with van der Waals surface area (Å²) in [6, 6.07) is 9.49. The second-order valence-corrected chi connectivity index (χ2v) is 5.60. The SMILES string of the molecule is CCCOc1ccc(C(CN(CC)C(C)CC)NC)cc1. The van der Waals surface area contributed by atoms with E-state index in [0.717, 1.165) is 31.9 Å². The summed E-state index contributed by atoms with van der Waals surface area (Å²) in [5.74, 6) is 0.963. The predicted octanol–water partition coefficient (Wildman–Crippen LogP) is 3.86. The molecule has 1 rings (SSSR count). The molecule has 21 heavy (non-hydrogen) atoms. The molecule has 3 heteroatoms. The first-order valence-electron chi connectivity index (χ1n) is 8.30. The largest absolute Gasteiger partial charge is 0.494 e. The molecule has 0 spiro atoms. The van der Waals surface area contributed by atoms with Gasteiger partial charge >= 0.3 is 0 Å². The van der Waals surface area contributed by atoms with Gasteiger partial charge in [0.2, 0.25) is 0 Å². The van der Waals surface area contributed by atoms with Crippen molar-refractivity contribution in [3.05, 3.63) is 29.8 Å². The quantitative estimate of drug-likeness (QED) is 0.709. The summed E-state index contributed by atoms with van der Waals surface area (Å²) in [4.78, 5) is 2.53. The maximum Gasteiger partial charge on any atom is 0.119 e. The Balaban J connectivity index is 2.70. The molecule has 0 aliphatic rings. The highest BCUT2D eigenvalue weighted by molar-refractivity contribution is 5.29. The van der Waals surface area contributed by atoms with E-state index in [0.29, 0.717) is 12.1 Å². The molecule has 2 unspecified atom stereocenters. The van der Waals surface area contributed by atoms with E-state index in [1.165, 1.54) is 12.0 Å². The lowest BCUT2D eigenvalue weighted by Crippen LogP contribution is -2.39. The van der Waals surface area contributed by atoms with Gasteiger partial charge in [0.15, 0.2) is 0 Å². The van der Waals surface area contributed by atoms with Crippen molar-refractivity contribution in [2.45, 2.75) is 52.6 Å². The molecule has 0 bridgehead atoms. The molecule has 0 aliphatic carbocycles. The van der Waals surface area contributed by atoms with Gasteiger partial charge in [-0.05, 0) is 51.1 Å². The maximum absolute atomic E-state index is 5.65. The normalized spacial score (nSPS) is 14.2. The molecule has 0 saturated carbocycles. The Bertz CT molecular complexity index is 377. The lowest BCUT2D eigenvalue weighted by atomic mass is 10.1. The third kappa shape index (κ3) is 5.68. The first-order valence-corrected chi connectivity index (χ1v) is 8.30. The van der Waals surface area contributed by atoms with Gasteiger partial charge in [-0.2, -0.15) is 0 Å². The van der Waals surface area contributed by atoms with Crippen LogP contribution in [0, 0.1) is 0 Å². The van der Waals surface area contributed by atoms with Crippen LogP contribution < -0.4 is 10.1 Å². The van der Waals surface area contributed by atoms with Crippen molar-refractivity contribution < 1.29 is 4.74 Å². The highest BCUT2D eigenvalue weighted by atomic mass is 16.5. The summed E-state index contributed by atoms with van der Waals surface area (Å²) >= 11 is 0. The van der Waals surface area contributed by atoms with Crippen LogP contribution in [0.3, 0.4) is 0 Å². The minimum Gasteiger partial charge on any atom is -0.494 e. The molecule has 0 aliphatic heterocycles. The molecule has 1 aromatic carbocycles. The number of benzene rings is 1. The molecular weight excluding hydrogens is 260 g/mol. The number of nitrogens with one attached hydrogen (secondary N) is 1. The van der Waals surface area contributed by atoms with Crippen LogP contribution in [0.5, 0.6) is 5.75 Å². The Labute approximate surface area is 130 Å². The van der Waals surface area contributed by atoms with Crippen molar-refractivity contribution in [1.29, 1.82) is 0 Å². The van der Waals surface area contributed by atoms with Gasteiger partial charge in [0.25, 0.3) is 0 Å². The molecule has 1 N–H and O–H groups in total. The Kier molecular flexibility index (Phi) is 8.40. The fraction of sp³-hybridized carbons (Fsp3) is 0.667. The number of hydrogen-bond donors (Lipinski definition) is 1. The molecule has 1 aromatic rings. The summed E-state index contributed by atoms with van der Waals surface area (Å²) in [7, 11) is 2.04. The minimum absolute atomic E-state index is 0.360. The van der Waals surface area contributed by atoms with Crippen molar-refractivity contribution in [3.63, 3.8) is 0 Å². The van der Waals surface area contributed by atoms with Gasteiger partial charge in [0.05, 0.1) is 6.61 Å². The van der Waals surface area contributed by atoms with Crippen LogP contribution in [0.1, 0.15) is 52.1 Å². The fourth-order valence-corrected chi connectivity index (χ4v) is 2.49. The number of rotatable bonds is 10. The van der Waals surface area contributed by atoms with Crippen LogP contribution in [0.2, 0.25) is 0 Å². The van der Waals surface area contributed by atoms with Gasteiger partial charge in [-0.25, -0.2) is 0 Å². The minimum atomic E-state index is 0.360. The van der Waals surface area contributed by atoms with E-state index >= 15 is 0 Å². The lowest BCUT2D eigenvalue weighted by Gasteiger charge is -2.31. The summed E-state index contributed by atoms with van der Waals surface area (Å²) in [5, 5.41) is 3.44. The van der Waals surface area contributed by atoms with Crippen molar-refractivity contribution in [2.24, 2.45) is 0 Å². The average Bonchev–Trinajstić information content (AvgIpc) is 2.54. The van der Waals surface area contributed by atoms with Crippen LogP contribution in [0.4, 0.5) is 0 Å². The number of nitrogens with zero attached hydrogens (tertiary/aromatic N) is 1. The van der Waals surface area contributed by atoms with Crippen LogP contribution in [0.15, 0.2) is 24.3 Å². The number of ether oxygens (including phenoxy) is 1. The first-order chi connectivity index (χ1) is 10.2. The molecule has 0 amide bonds. The summed E-state index contributed by atoms with van der Waals surface area (Å²) in [6.45, 7) is 11.8. The molecule has 3 nitrogen and oxygen atoms in total. The molecule has 120 valence electrons. The Morgan fingerprint density at radius 2 is 1.81 bits per heavy atom. The number of likely N-dealkylation sites (N-methyl/N-ethyl adjacent to an activating group) is 2. The Morgan fingerprint density at radius 3 is 2.29 bits per heavy atom. The third-order valence-corrected chi connectivity index (χ3v) is 4.14. The van der Waals surface area contributed by atoms with E-state index in [1.807, 2.05) is 7.05 Å². The zero-order valence-electron chi connectivity index (χ0n) is 14.4. The molecule has 0 radical (unpaired) electrons. The van der Waals surface area contributed by atoms with Gasteiger partial charge in [0.1, 0.15) is 5.75 Å². The van der Waals surface area contributed by atoms with Crippen molar-refractivity contribution in [2.75, 3.05) is 26.7 Å². The second-order valence-electron chi connectivity index (χ2n) is 5.60. The molecule has 0 heterocycles. The van der Waals surface area contributed by atoms with Gasteiger partial charge in [-0.1, -0.05) is 32.9 Å². The van der Waals surface area contributed by atoms with Gasteiger partial charge in [-0.3, -0.25) is 4.90 Å². The van der Waals surface area contributed by atoms with Gasteiger partial charge in [0, 0.05) is 18.6 Å². The summed E-state index contributed by atoms with van der Waals surface area (Å²) in [6.07, 6.45) is 2.23. The van der Waals surface area contributed by atoms with Gasteiger partial charge in [-0.15, -0.1) is 0 Å². The molecular formula is C18H32N2O. The fourth-order valence-electron chi connectivity index (χ4n) is 2.49. The first kappa shape index (κ1) is 18.0. The third-order valence-electron chi connectivity index (χ3n) is 4.14. The standard InChI is InChI=1S/C18H32N2O/c1-6-13-21-17-11-9-16(10-12-17)18(19-5)14-20(8-3)15(4)7-2/h9-12,15,18-19H,6-8,13-14H2,1-5H3. The second kappa shape index (κ2) is 9.80. The average molecular weight is 292 g/mol. The van der Waals surface area contributed by atoms with Crippen molar-refractivity contribution in [3.8, 4) is 5.75 Å². The Morgan fingerprint density at radius 1 is 1.14 bits per heavy atom. The predicted molar refractivity (Wildman–Crippen MR) is 91.0 cm³/mol. The van der Waals surface area contributed by atoms with E-state index in [-0.39, 0.29) is 0 Å². The highest BCUT2D eigenvalue weighted by Crippen LogP contribution is 2.20. The highest BCUT2D eigenvalue weighted by Gasteiger charge is 2.17. The monoisotopic (exact) mass is 292 g/mol. The van der Waals surface area contributed by atoms with Crippen molar-refractivity contribution in [1.82, 2.24) is 10.2 Å². The summed E-state index contributed by atoms with van der Waals surface area (Å²) < 4.78 is 5.65. The van der Waals surface area contributed by atoms with E-state index < -0.39 is 0 Å². The van der Waals surface area contributed by atoms with Crippen molar-refractivity contribution >= 4 is 0 Å². The van der Waals surface area contributed by atoms with E-state index in [2.05, 4.69) is 62.2 Å². The van der Waals surface area contributed by atoms with Crippen LogP contribution >= 0.6 is 0 Å².